The van der Waals surface area contributed by atoms with E-state index in [-0.39, 0.29) is 37.0 Å². The second kappa shape index (κ2) is 7.57. The van der Waals surface area contributed by atoms with Gasteiger partial charge in [0.25, 0.3) is 23.6 Å². The number of carbonyl (C=O) groups is 4. The van der Waals surface area contributed by atoms with Gasteiger partial charge in [0, 0.05) is 6.54 Å². The van der Waals surface area contributed by atoms with Gasteiger partial charge in [-0.3, -0.25) is 33.9 Å². The van der Waals surface area contributed by atoms with Crippen molar-refractivity contribution in [3.05, 3.63) is 93.2 Å². The van der Waals surface area contributed by atoms with E-state index in [4.69, 9.17) is 0 Å². The summed E-state index contributed by atoms with van der Waals surface area (Å²) in [6.07, 6.45) is 0. The number of amides is 4. The second-order valence-corrected chi connectivity index (χ2v) is 8.19. The van der Waals surface area contributed by atoms with Crippen molar-refractivity contribution >= 4 is 35.0 Å². The summed E-state index contributed by atoms with van der Waals surface area (Å²) in [6.45, 7) is 0.315. The van der Waals surface area contributed by atoms with Gasteiger partial charge in [0.1, 0.15) is 0 Å². The zero-order valence-corrected chi connectivity index (χ0v) is 17.2. The number of hydrogen-bond donors (Lipinski definition) is 0. The van der Waals surface area contributed by atoms with E-state index in [1.165, 1.54) is 11.3 Å². The van der Waals surface area contributed by atoms with Crippen molar-refractivity contribution in [1.29, 1.82) is 0 Å². The minimum Gasteiger partial charge on any atom is -0.269 e. The van der Waals surface area contributed by atoms with Gasteiger partial charge in [0.15, 0.2) is 0 Å². The molecule has 0 spiro atoms. The highest BCUT2D eigenvalue weighted by Gasteiger charge is 2.39. The number of thiophene rings is 1. The molecule has 0 saturated carbocycles. The van der Waals surface area contributed by atoms with E-state index in [0.717, 1.165) is 15.4 Å². The van der Waals surface area contributed by atoms with Crippen LogP contribution in [0.3, 0.4) is 0 Å². The van der Waals surface area contributed by atoms with Crippen LogP contribution < -0.4 is 0 Å². The fraction of sp³-hybridized carbons (Fsp3) is 0.130. The summed E-state index contributed by atoms with van der Waals surface area (Å²) in [5.74, 6) is -1.51. The third kappa shape index (κ3) is 3.26. The first-order chi connectivity index (χ1) is 15.0. The molecule has 2 aliphatic heterocycles. The average Bonchev–Trinajstić information content (AvgIpc) is 3.45. The molecule has 0 atom stereocenters. The third-order valence-electron chi connectivity index (χ3n) is 5.43. The van der Waals surface area contributed by atoms with E-state index < -0.39 is 0 Å². The van der Waals surface area contributed by atoms with Crippen LogP contribution in [0.1, 0.15) is 47.0 Å². The van der Waals surface area contributed by atoms with E-state index in [1.807, 2.05) is 16.8 Å². The predicted molar refractivity (Wildman–Crippen MR) is 113 cm³/mol. The lowest BCUT2D eigenvalue weighted by Crippen LogP contribution is -2.47. The summed E-state index contributed by atoms with van der Waals surface area (Å²) >= 11 is 1.53. The molecule has 7 nitrogen and oxygen atoms in total. The minimum absolute atomic E-state index is 0.0321. The van der Waals surface area contributed by atoms with Crippen molar-refractivity contribution < 1.29 is 19.2 Å². The number of nitrogens with zero attached hydrogens (tertiary/aromatic N) is 3. The van der Waals surface area contributed by atoms with Crippen molar-refractivity contribution in [3.8, 4) is 0 Å². The molecule has 0 bridgehead atoms. The van der Waals surface area contributed by atoms with Crippen LogP contribution in [0.25, 0.3) is 0 Å². The molecule has 0 aliphatic carbocycles. The molecule has 0 saturated heterocycles. The average molecular weight is 431 g/mol. The number of rotatable bonds is 6. The molecule has 0 fully saturated rings. The first-order valence-corrected chi connectivity index (χ1v) is 10.6. The first kappa shape index (κ1) is 19.3. The van der Waals surface area contributed by atoms with E-state index in [0.29, 0.717) is 28.8 Å². The molecule has 2 aromatic carbocycles. The van der Waals surface area contributed by atoms with Gasteiger partial charge >= 0.3 is 0 Å². The Morgan fingerprint density at radius 3 is 1.42 bits per heavy atom. The van der Waals surface area contributed by atoms with Crippen molar-refractivity contribution in [2.45, 2.75) is 6.54 Å². The summed E-state index contributed by atoms with van der Waals surface area (Å²) in [5, 5.41) is 3.88. The van der Waals surface area contributed by atoms with E-state index in [9.17, 15) is 19.2 Å². The molecule has 8 heteroatoms. The summed E-state index contributed by atoms with van der Waals surface area (Å²) in [7, 11) is 0. The Morgan fingerprint density at radius 2 is 1.06 bits per heavy atom. The highest BCUT2D eigenvalue weighted by molar-refractivity contribution is 7.07. The number of benzene rings is 2. The van der Waals surface area contributed by atoms with Crippen LogP contribution in [-0.2, 0) is 6.54 Å². The molecule has 3 heterocycles. The zero-order chi connectivity index (χ0) is 21.5. The van der Waals surface area contributed by atoms with Crippen LogP contribution in [-0.4, -0.2) is 51.7 Å². The van der Waals surface area contributed by atoms with E-state index in [2.05, 4.69) is 0 Å². The topological polar surface area (TPSA) is 78.0 Å². The van der Waals surface area contributed by atoms with Crippen LogP contribution in [0.15, 0.2) is 65.4 Å². The summed E-state index contributed by atoms with van der Waals surface area (Å²) < 4.78 is 0. The Kier molecular flexibility index (Phi) is 4.72. The number of imide groups is 2. The van der Waals surface area contributed by atoms with Crippen molar-refractivity contribution in [2.75, 3.05) is 13.3 Å². The lowest BCUT2D eigenvalue weighted by Gasteiger charge is -2.29. The lowest BCUT2D eigenvalue weighted by molar-refractivity contribution is 0.0380. The summed E-state index contributed by atoms with van der Waals surface area (Å²) in [5.41, 5.74) is 2.43. The van der Waals surface area contributed by atoms with Gasteiger partial charge in [-0.15, -0.1) is 0 Å². The molecule has 0 radical (unpaired) electrons. The monoisotopic (exact) mass is 431 g/mol. The normalized spacial score (nSPS) is 15.3. The van der Waals surface area contributed by atoms with E-state index in [1.54, 1.807) is 53.4 Å². The van der Waals surface area contributed by atoms with Gasteiger partial charge in [-0.2, -0.15) is 11.3 Å². The SMILES string of the molecule is O=C1c2ccccc2C(=O)N1CN(Cc1ccsc1)CN1C(=O)c2ccccc2C1=O. The predicted octanol–water partition coefficient (Wildman–Crippen LogP) is 3.06. The van der Waals surface area contributed by atoms with Crippen LogP contribution in [0.2, 0.25) is 0 Å². The lowest BCUT2D eigenvalue weighted by atomic mass is 10.1. The molecule has 0 N–H and O–H groups in total. The third-order valence-corrected chi connectivity index (χ3v) is 6.16. The Bertz CT molecular complexity index is 1070. The summed E-state index contributed by atoms with van der Waals surface area (Å²) in [4.78, 5) is 55.4. The van der Waals surface area contributed by atoms with Crippen molar-refractivity contribution in [2.24, 2.45) is 0 Å². The molecule has 5 rings (SSSR count). The van der Waals surface area contributed by atoms with Gasteiger partial charge < -0.3 is 0 Å². The largest absolute Gasteiger partial charge is 0.269 e. The number of carbonyl (C=O) groups excluding carboxylic acids is 4. The molecule has 31 heavy (non-hydrogen) atoms. The summed E-state index contributed by atoms with van der Waals surface area (Å²) in [6, 6.07) is 15.3. The quantitative estimate of drug-likeness (QED) is 0.561. The second-order valence-electron chi connectivity index (χ2n) is 7.41. The van der Waals surface area contributed by atoms with Gasteiger partial charge in [-0.1, -0.05) is 24.3 Å². The number of fused-ring (bicyclic) bond motifs is 2. The molecule has 3 aromatic rings. The Labute approximate surface area is 182 Å². The van der Waals surface area contributed by atoms with Crippen molar-refractivity contribution in [3.63, 3.8) is 0 Å². The molecular weight excluding hydrogens is 414 g/mol. The molecule has 154 valence electrons. The Balaban J connectivity index is 1.41. The molecule has 1 aromatic heterocycles. The van der Waals surface area contributed by atoms with Gasteiger partial charge in [0.2, 0.25) is 0 Å². The van der Waals surface area contributed by atoms with Crippen LogP contribution in [0.5, 0.6) is 0 Å². The highest BCUT2D eigenvalue weighted by atomic mass is 32.1. The van der Waals surface area contributed by atoms with Crippen LogP contribution in [0.4, 0.5) is 0 Å². The standard InChI is InChI=1S/C23H17N3O4S/c27-20-16-5-1-2-6-17(16)21(28)25(20)13-24(11-15-9-10-31-12-15)14-26-22(29)18-7-3-4-8-19(18)23(26)30/h1-10,12H,11,13-14H2. The van der Waals surface area contributed by atoms with Crippen LogP contribution >= 0.6 is 11.3 Å². The molecule has 4 amide bonds. The smallest absolute Gasteiger partial charge is 0.262 e. The van der Waals surface area contributed by atoms with Gasteiger partial charge in [-0.25, -0.2) is 0 Å². The maximum atomic E-state index is 12.8. The molecular formula is C23H17N3O4S. The molecule has 2 aliphatic rings. The van der Waals surface area contributed by atoms with Gasteiger partial charge in [-0.05, 0) is 46.7 Å². The van der Waals surface area contributed by atoms with Gasteiger partial charge in [0.05, 0.1) is 35.6 Å². The maximum Gasteiger partial charge on any atom is 0.262 e. The Hall–Kier alpha value is -3.62. The van der Waals surface area contributed by atoms with Crippen molar-refractivity contribution in [1.82, 2.24) is 14.7 Å². The highest BCUT2D eigenvalue weighted by Crippen LogP contribution is 2.26. The van der Waals surface area contributed by atoms with E-state index >= 15 is 0 Å². The maximum absolute atomic E-state index is 12.8. The Morgan fingerprint density at radius 1 is 0.645 bits per heavy atom. The van der Waals surface area contributed by atoms with Crippen LogP contribution in [0, 0.1) is 0 Å². The fourth-order valence-electron chi connectivity index (χ4n) is 3.92. The fourth-order valence-corrected chi connectivity index (χ4v) is 4.58. The zero-order valence-electron chi connectivity index (χ0n) is 16.4. The minimum atomic E-state index is -0.377. The first-order valence-electron chi connectivity index (χ1n) is 9.68. The molecule has 0 unspecified atom stereocenters. The number of hydrogen-bond acceptors (Lipinski definition) is 6.